The van der Waals surface area contributed by atoms with E-state index in [1.807, 2.05) is 38.1 Å². The fourth-order valence-electron chi connectivity index (χ4n) is 4.43. The van der Waals surface area contributed by atoms with Gasteiger partial charge in [0.1, 0.15) is 0 Å². The maximum Gasteiger partial charge on any atom is 0.323 e. The second kappa shape index (κ2) is 9.69. The number of piperidine rings is 1. The summed E-state index contributed by atoms with van der Waals surface area (Å²) in [5.41, 5.74) is 4.55. The molecule has 1 aromatic carbocycles. The number of nitrogens with zero attached hydrogens (tertiary/aromatic N) is 5. The van der Waals surface area contributed by atoms with E-state index >= 15 is 0 Å². The number of nitrogens with one attached hydrogen (secondary N) is 1. The van der Waals surface area contributed by atoms with Gasteiger partial charge in [-0.2, -0.15) is 10.5 Å². The molecule has 1 N–H and O–H groups in total. The first-order chi connectivity index (χ1) is 17.4. The number of thiazole rings is 1. The fraction of sp³-hybridized carbons (Fsp3) is 0.370. The number of amides is 2. The normalized spacial score (nSPS) is 17.1. The van der Waals surface area contributed by atoms with E-state index in [4.69, 9.17) is 14.7 Å². The van der Waals surface area contributed by atoms with Crippen LogP contribution in [0, 0.1) is 35.0 Å². The first-order valence-corrected chi connectivity index (χ1v) is 12.7. The van der Waals surface area contributed by atoms with Crippen molar-refractivity contribution in [3.8, 4) is 33.8 Å². The molecule has 2 saturated heterocycles. The number of hydrogen-bond acceptors (Lipinski definition) is 7. The zero-order valence-electron chi connectivity index (χ0n) is 20.2. The van der Waals surface area contributed by atoms with Gasteiger partial charge in [0, 0.05) is 36.0 Å². The number of ether oxygens (including phenoxy) is 1. The average Bonchev–Trinajstić information content (AvgIpc) is 3.27. The minimum Gasteiger partial charge on any atom is -0.380 e. The van der Waals surface area contributed by atoms with Crippen LogP contribution >= 0.6 is 11.3 Å². The van der Waals surface area contributed by atoms with Gasteiger partial charge in [0.05, 0.1) is 46.9 Å². The van der Waals surface area contributed by atoms with E-state index in [9.17, 15) is 15.3 Å². The van der Waals surface area contributed by atoms with Crippen molar-refractivity contribution in [3.63, 3.8) is 0 Å². The number of rotatable bonds is 4. The third-order valence-electron chi connectivity index (χ3n) is 6.82. The Balaban J connectivity index is 1.49. The van der Waals surface area contributed by atoms with Crippen molar-refractivity contribution in [2.45, 2.75) is 32.6 Å². The number of benzene rings is 1. The Bertz CT molecular complexity index is 1390. The van der Waals surface area contributed by atoms with Crippen LogP contribution in [0.2, 0.25) is 0 Å². The quantitative estimate of drug-likeness (QED) is 0.520. The third-order valence-corrected chi connectivity index (χ3v) is 7.84. The van der Waals surface area contributed by atoms with E-state index in [1.54, 1.807) is 11.0 Å². The molecule has 4 heterocycles. The molecule has 0 radical (unpaired) electrons. The van der Waals surface area contributed by atoms with Crippen molar-refractivity contribution < 1.29 is 9.53 Å². The number of aryl methyl sites for hydroxylation is 1. The number of nitriles is 2. The van der Waals surface area contributed by atoms with Crippen molar-refractivity contribution in [2.75, 3.05) is 31.6 Å². The number of carbonyl (C=O) groups excluding carboxylic acids is 1. The Labute approximate surface area is 214 Å². The minimum atomic E-state index is -0.382. The second-order valence-electron chi connectivity index (χ2n) is 9.64. The number of likely N-dealkylation sites (tertiary alicyclic amines) is 1. The average molecular weight is 499 g/mol. The van der Waals surface area contributed by atoms with Gasteiger partial charge in [0.25, 0.3) is 0 Å². The Morgan fingerprint density at radius 3 is 2.61 bits per heavy atom. The van der Waals surface area contributed by atoms with Gasteiger partial charge < -0.3 is 9.64 Å². The largest absolute Gasteiger partial charge is 0.380 e. The smallest absolute Gasteiger partial charge is 0.323 e. The molecule has 0 atom stereocenters. The molecule has 2 aromatic heterocycles. The van der Waals surface area contributed by atoms with Crippen LogP contribution in [0.4, 0.5) is 9.93 Å². The summed E-state index contributed by atoms with van der Waals surface area (Å²) in [6.07, 6.45) is 1.30. The highest BCUT2D eigenvalue weighted by Crippen LogP contribution is 2.41. The van der Waals surface area contributed by atoms with Gasteiger partial charge in [-0.3, -0.25) is 10.3 Å². The molecule has 2 fully saturated rings. The Hall–Kier alpha value is -3.79. The molecule has 8 nitrogen and oxygen atoms in total. The molecular weight excluding hydrogens is 472 g/mol. The van der Waals surface area contributed by atoms with Crippen molar-refractivity contribution >= 4 is 22.5 Å². The highest BCUT2D eigenvalue weighted by molar-refractivity contribution is 7.19. The molecule has 0 spiro atoms. The predicted octanol–water partition coefficient (Wildman–Crippen LogP) is 5.32. The molecule has 0 aliphatic carbocycles. The van der Waals surface area contributed by atoms with Gasteiger partial charge in [-0.15, -0.1) is 0 Å². The van der Waals surface area contributed by atoms with E-state index in [-0.39, 0.29) is 17.4 Å². The maximum absolute atomic E-state index is 13.0. The Morgan fingerprint density at radius 1 is 1.17 bits per heavy atom. The molecule has 9 heteroatoms. The predicted molar refractivity (Wildman–Crippen MR) is 137 cm³/mol. The molecule has 2 amide bonds. The number of urea groups is 1. The van der Waals surface area contributed by atoms with Gasteiger partial charge in [-0.1, -0.05) is 23.5 Å². The molecule has 3 aromatic rings. The van der Waals surface area contributed by atoms with Crippen LogP contribution in [0.15, 0.2) is 36.4 Å². The van der Waals surface area contributed by atoms with Crippen LogP contribution in [0.25, 0.3) is 21.7 Å². The Kier molecular flexibility index (Phi) is 6.44. The van der Waals surface area contributed by atoms with Crippen LogP contribution in [0.3, 0.4) is 0 Å². The summed E-state index contributed by atoms with van der Waals surface area (Å²) in [7, 11) is 0. The summed E-state index contributed by atoms with van der Waals surface area (Å²) in [4.78, 5) is 25.2. The lowest BCUT2D eigenvalue weighted by Gasteiger charge is -2.34. The van der Waals surface area contributed by atoms with Crippen LogP contribution in [0.1, 0.15) is 42.6 Å². The monoisotopic (exact) mass is 498 g/mol. The molecular formula is C27H26N6O2S. The van der Waals surface area contributed by atoms with Crippen LogP contribution < -0.4 is 5.32 Å². The third kappa shape index (κ3) is 4.81. The van der Waals surface area contributed by atoms with Crippen molar-refractivity contribution in [2.24, 2.45) is 5.41 Å². The molecule has 182 valence electrons. The van der Waals surface area contributed by atoms with Gasteiger partial charge in [0.2, 0.25) is 0 Å². The summed E-state index contributed by atoms with van der Waals surface area (Å²) in [6, 6.07) is 15.8. The van der Waals surface area contributed by atoms with Crippen molar-refractivity contribution in [1.82, 2.24) is 14.9 Å². The summed E-state index contributed by atoms with van der Waals surface area (Å²) >= 11 is 1.41. The molecule has 36 heavy (non-hydrogen) atoms. The maximum atomic E-state index is 13.0. The van der Waals surface area contributed by atoms with Crippen LogP contribution in [-0.4, -0.2) is 47.2 Å². The van der Waals surface area contributed by atoms with Gasteiger partial charge >= 0.3 is 6.03 Å². The van der Waals surface area contributed by atoms with Gasteiger partial charge in [0.15, 0.2) is 5.13 Å². The lowest BCUT2D eigenvalue weighted by atomic mass is 9.82. The zero-order valence-corrected chi connectivity index (χ0v) is 21.1. The van der Waals surface area contributed by atoms with E-state index in [0.717, 1.165) is 27.4 Å². The topological polar surface area (TPSA) is 115 Å². The molecule has 0 saturated carbocycles. The molecule has 0 unspecified atom stereocenters. The summed E-state index contributed by atoms with van der Waals surface area (Å²) in [6.45, 7) is 6.30. The van der Waals surface area contributed by atoms with Crippen LogP contribution in [-0.2, 0) is 4.74 Å². The van der Waals surface area contributed by atoms with Crippen molar-refractivity contribution in [1.29, 1.82) is 10.5 Å². The summed E-state index contributed by atoms with van der Waals surface area (Å²) in [5.74, 6) is 0.277. The van der Waals surface area contributed by atoms with E-state index in [2.05, 4.69) is 23.5 Å². The molecule has 2 aliphatic heterocycles. The number of carbonyl (C=O) groups is 1. The zero-order chi connectivity index (χ0) is 25.3. The molecule has 5 rings (SSSR count). The molecule has 0 bridgehead atoms. The van der Waals surface area contributed by atoms with E-state index in [1.165, 1.54) is 11.3 Å². The van der Waals surface area contributed by atoms with Gasteiger partial charge in [-0.25, -0.2) is 9.78 Å². The van der Waals surface area contributed by atoms with E-state index in [0.29, 0.717) is 55.5 Å². The van der Waals surface area contributed by atoms with Crippen molar-refractivity contribution in [3.05, 3.63) is 53.3 Å². The second-order valence-corrected chi connectivity index (χ2v) is 10.6. The minimum absolute atomic E-state index is 0.217. The van der Waals surface area contributed by atoms with E-state index < -0.39 is 0 Å². The first-order valence-electron chi connectivity index (χ1n) is 11.9. The standard InChI is InChI=1S/C27H26N6O2S/c1-17-10-20(12-22(30-17)21-14-35-15-21)24-23(19-5-3-4-18(11-19)13-28)31-25(36-24)32-26(34)33-8-6-27(2,16-29)7-9-33/h3-5,10-12,21H,6-9,14-15H2,1-2H3,(H,31,32,34). The lowest BCUT2D eigenvalue weighted by Crippen LogP contribution is -2.43. The SMILES string of the molecule is Cc1cc(-c2sc(NC(=O)N3CCC(C)(C#N)CC3)nc2-c2cccc(C#N)c2)cc(C2COC2)n1. The first kappa shape index (κ1) is 23.9. The number of aromatic nitrogens is 2. The van der Waals surface area contributed by atoms with Gasteiger partial charge in [-0.05, 0) is 56.5 Å². The lowest BCUT2D eigenvalue weighted by molar-refractivity contribution is 0.00669. The summed E-state index contributed by atoms with van der Waals surface area (Å²) in [5, 5.41) is 22.3. The summed E-state index contributed by atoms with van der Waals surface area (Å²) < 4.78 is 5.37. The fourth-order valence-corrected chi connectivity index (χ4v) is 5.39. The number of anilines is 1. The van der Waals surface area contributed by atoms with Crippen LogP contribution in [0.5, 0.6) is 0 Å². The number of pyridine rings is 1. The number of hydrogen-bond donors (Lipinski definition) is 1. The highest BCUT2D eigenvalue weighted by atomic mass is 32.1. The Morgan fingerprint density at radius 2 is 1.94 bits per heavy atom. The highest BCUT2D eigenvalue weighted by Gasteiger charge is 2.32. The molecule has 2 aliphatic rings.